The molecule has 0 N–H and O–H groups in total. The summed E-state index contributed by atoms with van der Waals surface area (Å²) in [4.78, 5) is -0.631. The molecule has 0 aliphatic heterocycles. The van der Waals surface area contributed by atoms with Gasteiger partial charge in [-0.2, -0.15) is 13.2 Å². The monoisotopic (exact) mass is 262 g/mol. The fraction of sp³-hybridized carbons (Fsp3) is 0.273. The highest BCUT2D eigenvalue weighted by atomic mass is 32.2. The third-order valence-electron chi connectivity index (χ3n) is 2.71. The van der Waals surface area contributed by atoms with Crippen molar-refractivity contribution in [3.05, 3.63) is 41.5 Å². The Kier molecular flexibility index (Phi) is 2.57. The maximum Gasteiger partial charge on any atom is 0.501 e. The Hall–Kier alpha value is -1.30. The largest absolute Gasteiger partial charge is 0.501 e. The molecule has 0 amide bonds. The van der Waals surface area contributed by atoms with Gasteiger partial charge in [0.15, 0.2) is 0 Å². The van der Waals surface area contributed by atoms with Gasteiger partial charge in [0.05, 0.1) is 4.91 Å². The van der Waals surface area contributed by atoms with E-state index in [0.29, 0.717) is 5.56 Å². The van der Waals surface area contributed by atoms with E-state index in [-0.39, 0.29) is 11.5 Å². The van der Waals surface area contributed by atoms with E-state index in [1.165, 1.54) is 12.1 Å². The molecule has 1 atom stereocenters. The molecule has 0 spiro atoms. The maximum absolute atomic E-state index is 12.5. The van der Waals surface area contributed by atoms with E-state index in [1.807, 2.05) is 0 Å². The maximum atomic E-state index is 12.5. The third-order valence-corrected chi connectivity index (χ3v) is 4.26. The van der Waals surface area contributed by atoms with E-state index < -0.39 is 20.3 Å². The van der Waals surface area contributed by atoms with Gasteiger partial charge in [0.2, 0.25) is 0 Å². The van der Waals surface area contributed by atoms with E-state index in [1.54, 1.807) is 19.1 Å². The summed E-state index contributed by atoms with van der Waals surface area (Å²) in [6, 6.07) is 6.23. The highest BCUT2D eigenvalue weighted by molar-refractivity contribution is 8.01. The topological polar surface area (TPSA) is 34.1 Å². The summed E-state index contributed by atoms with van der Waals surface area (Å²) in [5.74, 6) is -0.321. The van der Waals surface area contributed by atoms with Gasteiger partial charge in [-0.1, -0.05) is 37.3 Å². The van der Waals surface area contributed by atoms with E-state index in [9.17, 15) is 21.6 Å². The van der Waals surface area contributed by atoms with Crippen LogP contribution in [0.3, 0.4) is 0 Å². The van der Waals surface area contributed by atoms with Gasteiger partial charge in [-0.15, -0.1) is 0 Å². The molecule has 1 unspecified atom stereocenters. The van der Waals surface area contributed by atoms with Crippen molar-refractivity contribution < 1.29 is 21.6 Å². The number of halogens is 3. The van der Waals surface area contributed by atoms with Crippen molar-refractivity contribution in [2.24, 2.45) is 0 Å². The fourth-order valence-electron chi connectivity index (χ4n) is 1.88. The first-order chi connectivity index (χ1) is 7.75. The number of allylic oxidation sites excluding steroid dienone is 1. The molecule has 0 radical (unpaired) electrons. The predicted molar refractivity (Wildman–Crippen MR) is 57.8 cm³/mol. The zero-order valence-corrected chi connectivity index (χ0v) is 9.64. The molecule has 1 aliphatic carbocycles. The molecule has 0 aromatic heterocycles. The van der Waals surface area contributed by atoms with E-state index in [0.717, 1.165) is 6.08 Å². The van der Waals surface area contributed by atoms with Crippen LogP contribution in [0.25, 0.3) is 4.91 Å². The summed E-state index contributed by atoms with van der Waals surface area (Å²) in [5, 5.41) is 0. The third kappa shape index (κ3) is 1.76. The SMILES string of the molecule is CC1C=C(S(=O)(=O)C(F)(F)F)c2ccccc21. The average Bonchev–Trinajstić information content (AvgIpc) is 2.56. The molecule has 0 saturated heterocycles. The molecule has 1 aliphatic rings. The molecule has 2 nitrogen and oxygen atoms in total. The van der Waals surface area contributed by atoms with Crippen LogP contribution in [0, 0.1) is 0 Å². The minimum atomic E-state index is -5.26. The Morgan fingerprint density at radius 1 is 1.18 bits per heavy atom. The Bertz CT molecular complexity index is 585. The molecule has 6 heteroatoms. The molecule has 2 rings (SSSR count). The van der Waals surface area contributed by atoms with Crippen molar-refractivity contribution in [2.75, 3.05) is 0 Å². The number of sulfone groups is 1. The smallest absolute Gasteiger partial charge is 0.214 e. The van der Waals surface area contributed by atoms with E-state index in [2.05, 4.69) is 0 Å². The van der Waals surface area contributed by atoms with Crippen LogP contribution in [0.1, 0.15) is 24.0 Å². The summed E-state index contributed by atoms with van der Waals surface area (Å²) in [7, 11) is -5.26. The highest BCUT2D eigenvalue weighted by Gasteiger charge is 2.50. The van der Waals surface area contributed by atoms with Gasteiger partial charge in [-0.25, -0.2) is 8.42 Å². The Morgan fingerprint density at radius 3 is 2.35 bits per heavy atom. The molecule has 0 bridgehead atoms. The molecule has 1 aromatic rings. The van der Waals surface area contributed by atoms with Gasteiger partial charge < -0.3 is 0 Å². The lowest BCUT2D eigenvalue weighted by Crippen LogP contribution is -2.23. The molecular weight excluding hydrogens is 253 g/mol. The lowest BCUT2D eigenvalue weighted by Gasteiger charge is -2.10. The van der Waals surface area contributed by atoms with Crippen LogP contribution in [-0.4, -0.2) is 13.9 Å². The lowest BCUT2D eigenvalue weighted by atomic mass is 10.0. The van der Waals surface area contributed by atoms with Gasteiger partial charge in [0, 0.05) is 5.92 Å². The van der Waals surface area contributed by atoms with Crippen LogP contribution in [0.2, 0.25) is 0 Å². The first kappa shape index (κ1) is 12.2. The van der Waals surface area contributed by atoms with Crippen LogP contribution in [0.5, 0.6) is 0 Å². The molecule has 92 valence electrons. The second-order valence-corrected chi connectivity index (χ2v) is 5.77. The van der Waals surface area contributed by atoms with Crippen molar-refractivity contribution in [1.29, 1.82) is 0 Å². The summed E-state index contributed by atoms with van der Waals surface area (Å²) in [5.41, 5.74) is -4.50. The van der Waals surface area contributed by atoms with Gasteiger partial charge in [-0.05, 0) is 11.1 Å². The highest BCUT2D eigenvalue weighted by Crippen LogP contribution is 2.43. The van der Waals surface area contributed by atoms with Crippen molar-refractivity contribution in [3.63, 3.8) is 0 Å². The van der Waals surface area contributed by atoms with Crippen molar-refractivity contribution >= 4 is 14.7 Å². The summed E-state index contributed by atoms with van der Waals surface area (Å²) in [6.45, 7) is 1.66. The molecular formula is C11H9F3O2S. The van der Waals surface area contributed by atoms with Gasteiger partial charge in [0.25, 0.3) is 9.84 Å². The molecule has 0 fully saturated rings. The van der Waals surface area contributed by atoms with Gasteiger partial charge in [0.1, 0.15) is 0 Å². The fourth-order valence-corrected chi connectivity index (χ4v) is 2.99. The van der Waals surface area contributed by atoms with Crippen LogP contribution in [-0.2, 0) is 9.84 Å². The number of benzene rings is 1. The van der Waals surface area contributed by atoms with Crippen molar-refractivity contribution in [3.8, 4) is 0 Å². The average molecular weight is 262 g/mol. The van der Waals surface area contributed by atoms with Gasteiger partial charge in [-0.3, -0.25) is 0 Å². The molecule has 17 heavy (non-hydrogen) atoms. The number of hydrogen-bond acceptors (Lipinski definition) is 2. The van der Waals surface area contributed by atoms with E-state index >= 15 is 0 Å². The second kappa shape index (κ2) is 3.60. The zero-order valence-electron chi connectivity index (χ0n) is 8.82. The minimum absolute atomic E-state index is 0.150. The van der Waals surface area contributed by atoms with Crippen LogP contribution >= 0.6 is 0 Å². The minimum Gasteiger partial charge on any atom is -0.214 e. The standard InChI is InChI=1S/C11H9F3O2S/c1-7-6-10(17(15,16)11(12,13)14)9-5-3-2-4-8(7)9/h2-7H,1H3. The summed E-state index contributed by atoms with van der Waals surface area (Å²) < 4.78 is 60.2. The number of hydrogen-bond donors (Lipinski definition) is 0. The van der Waals surface area contributed by atoms with Crippen molar-refractivity contribution in [1.82, 2.24) is 0 Å². The Balaban J connectivity index is 2.62. The van der Waals surface area contributed by atoms with E-state index in [4.69, 9.17) is 0 Å². The molecule has 1 aromatic carbocycles. The molecule has 0 heterocycles. The zero-order chi connectivity index (χ0) is 12.8. The van der Waals surface area contributed by atoms with Crippen LogP contribution < -0.4 is 0 Å². The molecule has 0 saturated carbocycles. The van der Waals surface area contributed by atoms with Crippen LogP contribution in [0.15, 0.2) is 30.3 Å². The quantitative estimate of drug-likeness (QED) is 0.779. The number of alkyl halides is 3. The summed E-state index contributed by atoms with van der Waals surface area (Å²) >= 11 is 0. The normalized spacial score (nSPS) is 20.0. The Labute approximate surface area is 96.7 Å². The Morgan fingerprint density at radius 2 is 1.76 bits per heavy atom. The summed E-state index contributed by atoms with van der Waals surface area (Å²) in [6.07, 6.45) is 1.15. The first-order valence-corrected chi connectivity index (χ1v) is 6.36. The lowest BCUT2D eigenvalue weighted by molar-refractivity contribution is -0.0420. The number of fused-ring (bicyclic) bond motifs is 1. The van der Waals surface area contributed by atoms with Crippen molar-refractivity contribution in [2.45, 2.75) is 18.3 Å². The van der Waals surface area contributed by atoms with Crippen LogP contribution in [0.4, 0.5) is 13.2 Å². The first-order valence-electron chi connectivity index (χ1n) is 4.87. The number of rotatable bonds is 1. The predicted octanol–water partition coefficient (Wildman–Crippen LogP) is 3.08. The second-order valence-electron chi connectivity index (χ2n) is 3.86. The van der Waals surface area contributed by atoms with Gasteiger partial charge >= 0.3 is 5.51 Å².